The van der Waals surface area contributed by atoms with Crippen molar-refractivity contribution in [2.24, 2.45) is 0 Å². The molecule has 60 valence electrons. The minimum atomic E-state index is 0.390. The van der Waals surface area contributed by atoms with Crippen molar-refractivity contribution in [3.63, 3.8) is 0 Å². The molecule has 0 radical (unpaired) electrons. The topological polar surface area (TPSA) is 45.1 Å². The molecule has 0 amide bonds. The van der Waals surface area contributed by atoms with E-state index < -0.39 is 0 Å². The maximum atomic E-state index is 8.58. The van der Waals surface area contributed by atoms with Crippen LogP contribution >= 0.6 is 27.5 Å². The number of nitrogens with one attached hydrogen (secondary N) is 1. The zero-order chi connectivity index (χ0) is 8.43. The Morgan fingerprint density at radius 2 is 2.36 bits per heavy atom. The highest BCUT2D eigenvalue weighted by Gasteiger charge is 2.05. The molecule has 5 heteroatoms. The van der Waals surface area contributed by atoms with E-state index in [2.05, 4.69) is 20.9 Å². The molecule has 3 nitrogen and oxygen atoms in total. The minimum Gasteiger partial charge on any atom is -0.291 e. The average molecular weight is 237 g/mol. The highest BCUT2D eigenvalue weighted by atomic mass is 79.9. The van der Waals surface area contributed by atoms with Crippen LogP contribution in [0.3, 0.4) is 0 Å². The third-order valence-electron chi connectivity index (χ3n) is 1.34. The molecular weight excluding hydrogens is 231 g/mol. The van der Waals surface area contributed by atoms with Crippen LogP contribution in [0.4, 0.5) is 5.69 Å². The van der Waals surface area contributed by atoms with Crippen LogP contribution in [-0.4, -0.2) is 10.2 Å². The predicted octanol–water partition coefficient (Wildman–Crippen LogP) is 2.61. The Kier molecular flexibility index (Phi) is 2.70. The van der Waals surface area contributed by atoms with Gasteiger partial charge in [0.1, 0.15) is 5.15 Å². The molecular formula is C6H6BrClN2O. The number of nitrogens with zero attached hydrogens (tertiary/aromatic N) is 1. The number of anilines is 1. The van der Waals surface area contributed by atoms with Gasteiger partial charge in [0.05, 0.1) is 16.4 Å². The second-order valence-corrected chi connectivity index (χ2v) is 3.16. The normalized spacial score (nSPS) is 9.82. The van der Waals surface area contributed by atoms with Gasteiger partial charge in [-0.2, -0.15) is 0 Å². The molecule has 0 aliphatic heterocycles. The van der Waals surface area contributed by atoms with E-state index in [1.165, 1.54) is 6.20 Å². The third kappa shape index (κ3) is 1.64. The van der Waals surface area contributed by atoms with E-state index in [-0.39, 0.29) is 0 Å². The summed E-state index contributed by atoms with van der Waals surface area (Å²) in [6, 6.07) is 0. The van der Waals surface area contributed by atoms with E-state index in [0.29, 0.717) is 15.3 Å². The lowest BCUT2D eigenvalue weighted by Crippen LogP contribution is -1.94. The number of hydrogen-bond acceptors (Lipinski definition) is 3. The van der Waals surface area contributed by atoms with Crippen LogP contribution in [0.1, 0.15) is 5.56 Å². The zero-order valence-electron chi connectivity index (χ0n) is 5.73. The number of aromatic nitrogens is 1. The molecule has 11 heavy (non-hydrogen) atoms. The average Bonchev–Trinajstić information content (AvgIpc) is 2.01. The second-order valence-electron chi connectivity index (χ2n) is 2.01. The summed E-state index contributed by atoms with van der Waals surface area (Å²) in [4.78, 5) is 3.81. The van der Waals surface area contributed by atoms with Crippen LogP contribution in [0.25, 0.3) is 0 Å². The van der Waals surface area contributed by atoms with Crippen molar-refractivity contribution in [2.45, 2.75) is 6.92 Å². The van der Waals surface area contributed by atoms with Gasteiger partial charge in [-0.25, -0.2) is 4.98 Å². The molecule has 0 atom stereocenters. The van der Waals surface area contributed by atoms with Crippen molar-refractivity contribution in [3.8, 4) is 0 Å². The van der Waals surface area contributed by atoms with Crippen LogP contribution in [0.2, 0.25) is 5.15 Å². The predicted molar refractivity (Wildman–Crippen MR) is 47.1 cm³/mol. The fraction of sp³-hybridized carbons (Fsp3) is 0.167. The fourth-order valence-corrected chi connectivity index (χ4v) is 1.17. The van der Waals surface area contributed by atoms with Gasteiger partial charge >= 0.3 is 0 Å². The largest absolute Gasteiger partial charge is 0.291 e. The van der Waals surface area contributed by atoms with E-state index in [1.807, 2.05) is 12.4 Å². The Balaban J connectivity index is 3.25. The molecule has 0 fully saturated rings. The van der Waals surface area contributed by atoms with Gasteiger partial charge in [-0.3, -0.25) is 10.7 Å². The number of halogens is 2. The molecule has 0 aliphatic rings. The molecule has 0 unspecified atom stereocenters. The molecule has 0 spiro atoms. The van der Waals surface area contributed by atoms with Crippen LogP contribution in [0.15, 0.2) is 10.7 Å². The smallest absolute Gasteiger partial charge is 0.143 e. The minimum absolute atomic E-state index is 0.390. The first kappa shape index (κ1) is 8.77. The zero-order valence-corrected chi connectivity index (χ0v) is 8.07. The van der Waals surface area contributed by atoms with Crippen molar-refractivity contribution in [2.75, 3.05) is 5.48 Å². The summed E-state index contributed by atoms with van der Waals surface area (Å²) in [7, 11) is 0. The summed E-state index contributed by atoms with van der Waals surface area (Å²) in [6.07, 6.45) is 1.46. The van der Waals surface area contributed by atoms with E-state index in [4.69, 9.17) is 16.8 Å². The van der Waals surface area contributed by atoms with Gasteiger partial charge in [-0.15, -0.1) is 0 Å². The molecule has 0 saturated heterocycles. The second kappa shape index (κ2) is 3.38. The van der Waals surface area contributed by atoms with Crippen molar-refractivity contribution < 1.29 is 5.21 Å². The van der Waals surface area contributed by atoms with E-state index in [1.54, 1.807) is 0 Å². The van der Waals surface area contributed by atoms with Gasteiger partial charge in [-0.1, -0.05) is 11.6 Å². The standard InChI is InChI=1S/C6H6BrClN2O/c1-3-4(10-11)2-9-6(8)5(3)7/h2,10-11H,1H3. The summed E-state index contributed by atoms with van der Waals surface area (Å²) in [5, 5.41) is 8.97. The first-order valence-electron chi connectivity index (χ1n) is 2.87. The summed E-state index contributed by atoms with van der Waals surface area (Å²) < 4.78 is 0.693. The summed E-state index contributed by atoms with van der Waals surface area (Å²) in [6.45, 7) is 1.82. The monoisotopic (exact) mass is 236 g/mol. The summed E-state index contributed by atoms with van der Waals surface area (Å²) >= 11 is 8.90. The van der Waals surface area contributed by atoms with Gasteiger partial charge in [0, 0.05) is 0 Å². The first-order chi connectivity index (χ1) is 5.16. The molecule has 0 bridgehead atoms. The Bertz CT molecular complexity index is 280. The number of hydrogen-bond donors (Lipinski definition) is 2. The van der Waals surface area contributed by atoms with Crippen molar-refractivity contribution in [1.29, 1.82) is 0 Å². The van der Waals surface area contributed by atoms with Gasteiger partial charge in [0.2, 0.25) is 0 Å². The molecule has 0 aromatic carbocycles. The Morgan fingerprint density at radius 1 is 1.73 bits per heavy atom. The fourth-order valence-electron chi connectivity index (χ4n) is 0.660. The van der Waals surface area contributed by atoms with Crippen LogP contribution in [0.5, 0.6) is 0 Å². The van der Waals surface area contributed by atoms with Gasteiger partial charge in [-0.05, 0) is 28.4 Å². The van der Waals surface area contributed by atoms with Crippen LogP contribution < -0.4 is 5.48 Å². The van der Waals surface area contributed by atoms with E-state index >= 15 is 0 Å². The van der Waals surface area contributed by atoms with E-state index in [0.717, 1.165) is 5.56 Å². The lowest BCUT2D eigenvalue weighted by atomic mass is 10.3. The highest BCUT2D eigenvalue weighted by molar-refractivity contribution is 9.10. The Hall–Kier alpha value is -0.320. The lowest BCUT2D eigenvalue weighted by Gasteiger charge is -2.05. The molecule has 0 aliphatic carbocycles. The summed E-state index contributed by atoms with van der Waals surface area (Å²) in [5.74, 6) is 0. The molecule has 1 aromatic heterocycles. The molecule has 2 N–H and O–H groups in total. The Labute approximate surface area is 77.5 Å². The van der Waals surface area contributed by atoms with Crippen LogP contribution in [-0.2, 0) is 0 Å². The maximum Gasteiger partial charge on any atom is 0.143 e. The van der Waals surface area contributed by atoms with E-state index in [9.17, 15) is 0 Å². The van der Waals surface area contributed by atoms with Crippen molar-refractivity contribution in [3.05, 3.63) is 21.4 Å². The quantitative estimate of drug-likeness (QED) is 0.583. The van der Waals surface area contributed by atoms with Crippen LogP contribution in [0, 0.1) is 6.92 Å². The number of rotatable bonds is 1. The Morgan fingerprint density at radius 3 is 2.91 bits per heavy atom. The molecule has 0 saturated carbocycles. The van der Waals surface area contributed by atoms with Gasteiger partial charge in [0.15, 0.2) is 0 Å². The first-order valence-corrected chi connectivity index (χ1v) is 4.04. The molecule has 1 rings (SSSR count). The molecule has 1 heterocycles. The van der Waals surface area contributed by atoms with Gasteiger partial charge < -0.3 is 0 Å². The molecule has 1 aromatic rings. The lowest BCUT2D eigenvalue weighted by molar-refractivity contribution is 0.388. The van der Waals surface area contributed by atoms with Crippen molar-refractivity contribution in [1.82, 2.24) is 4.98 Å². The van der Waals surface area contributed by atoms with Gasteiger partial charge in [0.25, 0.3) is 0 Å². The van der Waals surface area contributed by atoms with Crippen molar-refractivity contribution >= 4 is 33.2 Å². The highest BCUT2D eigenvalue weighted by Crippen LogP contribution is 2.28. The third-order valence-corrected chi connectivity index (χ3v) is 2.83. The SMILES string of the molecule is Cc1c(NO)cnc(Cl)c1Br. The summed E-state index contributed by atoms with van der Waals surface area (Å²) in [5.41, 5.74) is 3.38. The number of pyridine rings is 1. The maximum absolute atomic E-state index is 8.58.